The fraction of sp³-hybridized carbons (Fsp3) is 0.636. The van der Waals surface area contributed by atoms with Gasteiger partial charge in [-0.1, -0.05) is 6.92 Å². The van der Waals surface area contributed by atoms with Crippen molar-refractivity contribution in [3.8, 4) is 0 Å². The number of hydrogen-bond acceptors (Lipinski definition) is 5. The Morgan fingerprint density at radius 1 is 1.59 bits per heavy atom. The molecule has 2 atom stereocenters. The summed E-state index contributed by atoms with van der Waals surface area (Å²) >= 11 is 0. The first-order valence-electron chi connectivity index (χ1n) is 5.55. The summed E-state index contributed by atoms with van der Waals surface area (Å²) in [6, 6.07) is -0.711. The van der Waals surface area contributed by atoms with E-state index in [-0.39, 0.29) is 12.4 Å². The lowest BCUT2D eigenvalue weighted by Gasteiger charge is -2.18. The Labute approximate surface area is 99.7 Å². The van der Waals surface area contributed by atoms with Crippen molar-refractivity contribution in [2.45, 2.75) is 39.3 Å². The number of hydrogen-bond donors (Lipinski definition) is 3. The molecule has 1 aromatic heterocycles. The van der Waals surface area contributed by atoms with Crippen LogP contribution in [0.5, 0.6) is 0 Å². The molecule has 6 heteroatoms. The zero-order valence-electron chi connectivity index (χ0n) is 10.2. The van der Waals surface area contributed by atoms with Crippen molar-refractivity contribution < 1.29 is 19.4 Å². The smallest absolute Gasteiger partial charge is 0.289 e. The Balaban J connectivity index is 2.78. The van der Waals surface area contributed by atoms with Gasteiger partial charge >= 0.3 is 0 Å². The quantitative estimate of drug-likeness (QED) is 0.676. The normalized spacial score (nSPS) is 14.4. The number of carbonyl (C=O) groups is 1. The van der Waals surface area contributed by atoms with Crippen LogP contribution in [0.3, 0.4) is 0 Å². The molecule has 1 rings (SSSR count). The van der Waals surface area contributed by atoms with Crippen LogP contribution in [-0.4, -0.2) is 39.9 Å². The molecule has 0 aliphatic rings. The second-order valence-corrected chi connectivity index (χ2v) is 3.88. The van der Waals surface area contributed by atoms with E-state index < -0.39 is 18.1 Å². The average molecular weight is 242 g/mol. The van der Waals surface area contributed by atoms with Crippen LogP contribution in [0, 0.1) is 6.92 Å². The maximum atomic E-state index is 11.8. The third kappa shape index (κ3) is 3.28. The lowest BCUT2D eigenvalue weighted by Crippen LogP contribution is -2.44. The Kier molecular flexibility index (Phi) is 4.65. The highest BCUT2D eigenvalue weighted by Crippen LogP contribution is 2.11. The molecule has 6 nitrogen and oxygen atoms in total. The molecule has 3 N–H and O–H groups in total. The molecule has 0 unspecified atom stereocenters. The van der Waals surface area contributed by atoms with E-state index >= 15 is 0 Å². The topological polar surface area (TPSA) is 95.6 Å². The fourth-order valence-electron chi connectivity index (χ4n) is 1.37. The van der Waals surface area contributed by atoms with Gasteiger partial charge in [-0.25, -0.2) is 4.98 Å². The minimum Gasteiger partial charge on any atom is -0.435 e. The predicted octanol–water partition coefficient (Wildman–Crippen LogP) is 0.0169. The highest BCUT2D eigenvalue weighted by Gasteiger charge is 2.22. The minimum atomic E-state index is -0.835. The van der Waals surface area contributed by atoms with E-state index in [1.165, 1.54) is 6.92 Å². The molecule has 1 amide bonds. The summed E-state index contributed by atoms with van der Waals surface area (Å²) in [5, 5.41) is 20.8. The highest BCUT2D eigenvalue weighted by molar-refractivity contribution is 5.92. The summed E-state index contributed by atoms with van der Waals surface area (Å²) in [6.07, 6.45) is -0.230. The molecule has 0 bridgehead atoms. The van der Waals surface area contributed by atoms with Gasteiger partial charge in [-0.15, -0.1) is 0 Å². The third-order valence-corrected chi connectivity index (χ3v) is 2.45. The molecule has 1 aromatic rings. The summed E-state index contributed by atoms with van der Waals surface area (Å²) in [7, 11) is 0. The summed E-state index contributed by atoms with van der Waals surface area (Å²) in [6.45, 7) is 4.70. The molecule has 0 aliphatic heterocycles. The second kappa shape index (κ2) is 5.79. The van der Waals surface area contributed by atoms with Crippen LogP contribution in [0.4, 0.5) is 0 Å². The van der Waals surface area contributed by atoms with Crippen molar-refractivity contribution in [2.24, 2.45) is 0 Å². The van der Waals surface area contributed by atoms with Crippen molar-refractivity contribution in [3.63, 3.8) is 0 Å². The molecule has 0 radical (unpaired) electrons. The van der Waals surface area contributed by atoms with Crippen LogP contribution in [0.15, 0.2) is 4.42 Å². The summed E-state index contributed by atoms with van der Waals surface area (Å²) in [5.41, 5.74) is 0.502. The van der Waals surface area contributed by atoms with Gasteiger partial charge in [0.1, 0.15) is 0 Å². The first-order chi connectivity index (χ1) is 7.99. The van der Waals surface area contributed by atoms with Gasteiger partial charge in [0.05, 0.1) is 24.4 Å². The lowest BCUT2D eigenvalue weighted by atomic mass is 10.2. The first-order valence-corrected chi connectivity index (χ1v) is 5.55. The molecule has 0 fully saturated rings. The van der Waals surface area contributed by atoms with Crippen LogP contribution in [-0.2, 0) is 6.42 Å². The third-order valence-electron chi connectivity index (χ3n) is 2.45. The maximum absolute atomic E-state index is 11.8. The molecule has 96 valence electrons. The van der Waals surface area contributed by atoms with Gasteiger partial charge in [0.15, 0.2) is 5.89 Å². The van der Waals surface area contributed by atoms with Crippen LogP contribution in [0.1, 0.15) is 36.0 Å². The van der Waals surface area contributed by atoms with Crippen molar-refractivity contribution in [1.82, 2.24) is 10.3 Å². The molecule has 0 saturated carbocycles. The van der Waals surface area contributed by atoms with E-state index in [2.05, 4.69) is 10.3 Å². The number of nitrogens with one attached hydrogen (secondary N) is 1. The second-order valence-electron chi connectivity index (χ2n) is 3.88. The number of aliphatic hydroxyl groups is 2. The zero-order chi connectivity index (χ0) is 13.0. The van der Waals surface area contributed by atoms with Gasteiger partial charge in [0.25, 0.3) is 5.91 Å². The molecular weight excluding hydrogens is 224 g/mol. The van der Waals surface area contributed by atoms with E-state index in [0.717, 1.165) is 0 Å². The van der Waals surface area contributed by atoms with Gasteiger partial charge < -0.3 is 19.9 Å². The van der Waals surface area contributed by atoms with Crippen molar-refractivity contribution in [3.05, 3.63) is 17.3 Å². The van der Waals surface area contributed by atoms with Gasteiger partial charge in [-0.3, -0.25) is 4.79 Å². The zero-order valence-corrected chi connectivity index (χ0v) is 10.2. The number of nitrogens with zero attached hydrogens (tertiary/aromatic N) is 1. The Hall–Kier alpha value is -1.40. The van der Waals surface area contributed by atoms with E-state index in [4.69, 9.17) is 9.52 Å². The van der Waals surface area contributed by atoms with Gasteiger partial charge in [-0.05, 0) is 13.8 Å². The van der Waals surface area contributed by atoms with Gasteiger partial charge in [0.2, 0.25) is 5.76 Å². The van der Waals surface area contributed by atoms with Crippen LogP contribution in [0.25, 0.3) is 0 Å². The summed E-state index contributed by atoms with van der Waals surface area (Å²) in [4.78, 5) is 15.9. The number of aryl methyl sites for hydroxylation is 2. The lowest BCUT2D eigenvalue weighted by molar-refractivity contribution is 0.0734. The average Bonchev–Trinajstić information content (AvgIpc) is 2.66. The largest absolute Gasteiger partial charge is 0.435 e. The van der Waals surface area contributed by atoms with Crippen molar-refractivity contribution in [2.75, 3.05) is 6.61 Å². The number of aliphatic hydroxyl groups excluding tert-OH is 2. The monoisotopic (exact) mass is 242 g/mol. The van der Waals surface area contributed by atoms with Crippen molar-refractivity contribution >= 4 is 5.91 Å². The number of carbonyl (C=O) groups excluding carboxylic acids is 1. The molecule has 1 heterocycles. The van der Waals surface area contributed by atoms with Crippen LogP contribution < -0.4 is 5.32 Å². The summed E-state index contributed by atoms with van der Waals surface area (Å²) < 4.78 is 5.26. The maximum Gasteiger partial charge on any atom is 0.289 e. The Morgan fingerprint density at radius 2 is 2.24 bits per heavy atom. The molecule has 0 saturated heterocycles. The van der Waals surface area contributed by atoms with E-state index in [0.29, 0.717) is 18.0 Å². The van der Waals surface area contributed by atoms with E-state index in [9.17, 15) is 9.90 Å². The van der Waals surface area contributed by atoms with Crippen LogP contribution in [0.2, 0.25) is 0 Å². The van der Waals surface area contributed by atoms with Crippen LogP contribution >= 0.6 is 0 Å². The molecule has 0 aliphatic carbocycles. The van der Waals surface area contributed by atoms with E-state index in [1.807, 2.05) is 6.92 Å². The molecule has 0 spiro atoms. The molecule has 0 aromatic carbocycles. The first kappa shape index (κ1) is 13.7. The standard InChI is InChI=1S/C11H18N2O4/c1-4-9-12-6(2)10(17-9)11(16)13-8(5-14)7(3)15/h7-8,14-15H,4-5H2,1-3H3,(H,13,16)/t7-,8-/m1/s1. The Morgan fingerprint density at radius 3 is 2.65 bits per heavy atom. The number of rotatable bonds is 5. The predicted molar refractivity (Wildman–Crippen MR) is 60.6 cm³/mol. The Bertz CT molecular complexity index is 387. The molecular formula is C11H18N2O4. The fourth-order valence-corrected chi connectivity index (χ4v) is 1.37. The van der Waals surface area contributed by atoms with Gasteiger partial charge in [0, 0.05) is 6.42 Å². The summed E-state index contributed by atoms with van der Waals surface area (Å²) in [5.74, 6) is 0.140. The molecule has 17 heavy (non-hydrogen) atoms. The van der Waals surface area contributed by atoms with Gasteiger partial charge in [-0.2, -0.15) is 0 Å². The SMILES string of the molecule is CCc1nc(C)c(C(=O)N[C@H](CO)[C@@H](C)O)o1. The van der Waals surface area contributed by atoms with Crippen molar-refractivity contribution in [1.29, 1.82) is 0 Å². The number of amides is 1. The number of oxazole rings is 1. The van der Waals surface area contributed by atoms with E-state index in [1.54, 1.807) is 6.92 Å². The minimum absolute atomic E-state index is 0.126. The highest BCUT2D eigenvalue weighted by atomic mass is 16.4. The number of aromatic nitrogens is 1.